The summed E-state index contributed by atoms with van der Waals surface area (Å²) in [6.07, 6.45) is -4.77. The molecule has 0 unspecified atom stereocenters. The van der Waals surface area contributed by atoms with Crippen LogP contribution in [-0.2, 0) is 0 Å². The van der Waals surface area contributed by atoms with Gasteiger partial charge in [-0.2, -0.15) is 17.6 Å². The van der Waals surface area contributed by atoms with Crippen molar-refractivity contribution in [3.8, 4) is 5.75 Å². The van der Waals surface area contributed by atoms with Gasteiger partial charge in [0.2, 0.25) is 0 Å². The van der Waals surface area contributed by atoms with Crippen molar-refractivity contribution in [1.29, 1.82) is 0 Å². The number of alkyl halides is 4. The van der Waals surface area contributed by atoms with E-state index in [1.54, 1.807) is 12.1 Å². The Morgan fingerprint density at radius 3 is 2.08 bits per heavy atom. The monoisotopic (exact) mass is 418 g/mol. The van der Waals surface area contributed by atoms with Crippen molar-refractivity contribution in [2.45, 2.75) is 37.8 Å². The minimum Gasteiger partial charge on any atom is -0.428 e. The number of piperazine rings is 1. The average molecular weight is 419 g/mol. The number of benzene rings is 1. The molecular weight excluding hydrogens is 395 g/mol. The summed E-state index contributed by atoms with van der Waals surface area (Å²) < 4.78 is 54.6. The topological polar surface area (TPSA) is 24.5 Å². The van der Waals surface area contributed by atoms with Gasteiger partial charge in [-0.05, 0) is 36.5 Å². The summed E-state index contributed by atoms with van der Waals surface area (Å²) in [5.41, 5.74) is 1.04. The minimum absolute atomic E-state index is 0. The van der Waals surface area contributed by atoms with Crippen molar-refractivity contribution in [2.75, 3.05) is 26.2 Å². The molecule has 3 rings (SSSR count). The van der Waals surface area contributed by atoms with Gasteiger partial charge in [-0.3, -0.25) is 4.90 Å². The van der Waals surface area contributed by atoms with Crippen molar-refractivity contribution in [3.63, 3.8) is 0 Å². The number of ether oxygens (including phenoxy) is 1. The second-order valence-corrected chi connectivity index (χ2v) is 6.46. The van der Waals surface area contributed by atoms with E-state index in [-0.39, 0.29) is 36.6 Å². The fraction of sp³-hybridized carbons (Fsp3) is 0.647. The Kier molecular flexibility index (Phi) is 8.93. The molecule has 1 saturated carbocycles. The van der Waals surface area contributed by atoms with E-state index >= 15 is 0 Å². The highest BCUT2D eigenvalue weighted by Crippen LogP contribution is 2.42. The van der Waals surface area contributed by atoms with Gasteiger partial charge in [0.15, 0.2) is 0 Å². The number of hydrogen-bond acceptors (Lipinski definition) is 3. The maximum atomic E-state index is 13.0. The first-order valence-corrected chi connectivity index (χ1v) is 8.37. The third kappa shape index (κ3) is 5.38. The van der Waals surface area contributed by atoms with Crippen LogP contribution in [0.2, 0.25) is 0 Å². The summed E-state index contributed by atoms with van der Waals surface area (Å²) in [7, 11) is 0. The fourth-order valence-electron chi connectivity index (χ4n) is 3.43. The molecule has 1 atom stereocenters. The normalized spacial score (nSPS) is 19.9. The van der Waals surface area contributed by atoms with Crippen LogP contribution in [-0.4, -0.2) is 43.6 Å². The lowest BCUT2D eigenvalue weighted by atomic mass is 9.76. The smallest absolute Gasteiger partial charge is 0.428 e. The van der Waals surface area contributed by atoms with Crippen LogP contribution in [0.3, 0.4) is 0 Å². The first-order valence-electron chi connectivity index (χ1n) is 8.37. The molecule has 3 nitrogen and oxygen atoms in total. The molecule has 1 aromatic rings. The lowest BCUT2D eigenvalue weighted by molar-refractivity contribution is -0.253. The Labute approximate surface area is 163 Å². The van der Waals surface area contributed by atoms with Crippen molar-refractivity contribution in [3.05, 3.63) is 29.8 Å². The predicted molar refractivity (Wildman–Crippen MR) is 97.0 cm³/mol. The molecule has 0 amide bonds. The highest BCUT2D eigenvalue weighted by atomic mass is 35.5. The van der Waals surface area contributed by atoms with Crippen LogP contribution >= 0.6 is 24.8 Å². The molecule has 2 fully saturated rings. The minimum atomic E-state index is -4.46. The molecule has 1 N–H and O–H groups in total. The summed E-state index contributed by atoms with van der Waals surface area (Å²) in [4.78, 5) is 2.42. The maximum Gasteiger partial charge on any atom is 0.461 e. The standard InChI is InChI=1S/C17H22F4N2O.2ClH/c18-16(19)17(20,21)24-14-6-4-13(5-7-14)15(12-2-1-3-12)23-10-8-22-9-11-23;;/h4-7,12,15-16,22H,1-3,8-11H2;2*1H/t15-;;/m0../s1. The summed E-state index contributed by atoms with van der Waals surface area (Å²) in [5, 5.41) is 3.33. The Morgan fingerprint density at radius 1 is 1.04 bits per heavy atom. The van der Waals surface area contributed by atoms with Crippen LogP contribution in [0.25, 0.3) is 0 Å². The van der Waals surface area contributed by atoms with Crippen molar-refractivity contribution >= 4 is 24.8 Å². The molecule has 1 aliphatic carbocycles. The summed E-state index contributed by atoms with van der Waals surface area (Å²) in [6.45, 7) is 3.77. The zero-order valence-electron chi connectivity index (χ0n) is 14.2. The molecule has 0 aromatic heterocycles. The van der Waals surface area contributed by atoms with E-state index < -0.39 is 12.5 Å². The molecular formula is C17H24Cl2F4N2O. The lowest BCUT2D eigenvalue weighted by Gasteiger charge is -2.43. The molecule has 1 aliphatic heterocycles. The zero-order chi connectivity index (χ0) is 17.2. The molecule has 26 heavy (non-hydrogen) atoms. The van der Waals surface area contributed by atoms with Gasteiger partial charge in [0, 0.05) is 32.2 Å². The van der Waals surface area contributed by atoms with Crippen LogP contribution in [0, 0.1) is 5.92 Å². The first kappa shape index (κ1) is 23.3. The van der Waals surface area contributed by atoms with E-state index in [0.29, 0.717) is 5.92 Å². The highest BCUT2D eigenvalue weighted by Gasteiger charge is 2.44. The van der Waals surface area contributed by atoms with E-state index in [2.05, 4.69) is 15.0 Å². The van der Waals surface area contributed by atoms with Gasteiger partial charge in [0.1, 0.15) is 5.75 Å². The van der Waals surface area contributed by atoms with Crippen LogP contribution in [0.4, 0.5) is 17.6 Å². The van der Waals surface area contributed by atoms with Crippen molar-refractivity contribution in [2.24, 2.45) is 5.92 Å². The van der Waals surface area contributed by atoms with E-state index in [1.807, 2.05) is 0 Å². The van der Waals surface area contributed by atoms with E-state index in [4.69, 9.17) is 0 Å². The summed E-state index contributed by atoms with van der Waals surface area (Å²) >= 11 is 0. The third-order valence-corrected chi connectivity index (χ3v) is 4.87. The van der Waals surface area contributed by atoms with Crippen molar-refractivity contribution in [1.82, 2.24) is 10.2 Å². The molecule has 0 spiro atoms. The summed E-state index contributed by atoms with van der Waals surface area (Å²) in [6, 6.07) is 6.42. The Balaban J connectivity index is 0.00000169. The molecule has 1 saturated heterocycles. The highest BCUT2D eigenvalue weighted by molar-refractivity contribution is 5.85. The van der Waals surface area contributed by atoms with E-state index in [1.165, 1.54) is 18.6 Å². The number of hydrogen-bond donors (Lipinski definition) is 1. The predicted octanol–water partition coefficient (Wildman–Crippen LogP) is 4.51. The van der Waals surface area contributed by atoms with Crippen LogP contribution in [0.15, 0.2) is 24.3 Å². The number of halogens is 6. The van der Waals surface area contributed by atoms with E-state index in [0.717, 1.165) is 44.6 Å². The van der Waals surface area contributed by atoms with Crippen molar-refractivity contribution < 1.29 is 22.3 Å². The SMILES string of the molecule is Cl.Cl.FC(F)C(F)(F)Oc1ccc([C@H](C2CCC2)N2CCNCC2)cc1. The quantitative estimate of drug-likeness (QED) is 0.687. The second-order valence-electron chi connectivity index (χ2n) is 6.46. The zero-order valence-corrected chi connectivity index (χ0v) is 15.8. The Morgan fingerprint density at radius 2 is 1.62 bits per heavy atom. The molecule has 1 heterocycles. The van der Waals surface area contributed by atoms with E-state index in [9.17, 15) is 17.6 Å². The van der Waals surface area contributed by atoms with Gasteiger partial charge in [-0.1, -0.05) is 18.6 Å². The molecule has 1 aromatic carbocycles. The molecule has 9 heteroatoms. The second kappa shape index (κ2) is 9.97. The van der Waals surface area contributed by atoms with Crippen LogP contribution < -0.4 is 10.1 Å². The summed E-state index contributed by atoms with van der Waals surface area (Å²) in [5.74, 6) is 0.328. The first-order chi connectivity index (χ1) is 11.5. The van der Waals surface area contributed by atoms with Crippen LogP contribution in [0.5, 0.6) is 5.75 Å². The van der Waals surface area contributed by atoms with Gasteiger partial charge < -0.3 is 10.1 Å². The molecule has 150 valence electrons. The molecule has 2 aliphatic rings. The molecule has 0 bridgehead atoms. The van der Waals surface area contributed by atoms with Gasteiger partial charge in [0.05, 0.1) is 0 Å². The Hall–Kier alpha value is -0.760. The lowest BCUT2D eigenvalue weighted by Crippen LogP contribution is -2.47. The van der Waals surface area contributed by atoms with Gasteiger partial charge >= 0.3 is 12.5 Å². The number of rotatable bonds is 6. The van der Waals surface area contributed by atoms with Gasteiger partial charge in [-0.15, -0.1) is 24.8 Å². The largest absolute Gasteiger partial charge is 0.461 e. The Bertz CT molecular complexity index is 538. The molecule has 0 radical (unpaired) electrons. The third-order valence-electron chi connectivity index (χ3n) is 4.87. The maximum absolute atomic E-state index is 13.0. The van der Waals surface area contributed by atoms with Crippen LogP contribution in [0.1, 0.15) is 30.9 Å². The average Bonchev–Trinajstić information content (AvgIpc) is 2.52. The number of nitrogens with one attached hydrogen (secondary N) is 1. The van der Waals surface area contributed by atoms with Gasteiger partial charge in [0.25, 0.3) is 0 Å². The van der Waals surface area contributed by atoms with Gasteiger partial charge in [-0.25, -0.2) is 0 Å². The fourth-order valence-corrected chi connectivity index (χ4v) is 3.43. The number of nitrogens with zero attached hydrogens (tertiary/aromatic N) is 1.